The van der Waals surface area contributed by atoms with E-state index in [1.807, 2.05) is 0 Å². The quantitative estimate of drug-likeness (QED) is 0.650. The zero-order valence-electron chi connectivity index (χ0n) is 13.9. The second-order valence-corrected chi connectivity index (χ2v) is 7.32. The second-order valence-electron chi connectivity index (χ2n) is 5.54. The lowest BCUT2D eigenvalue weighted by atomic mass is 10.1. The third-order valence-corrected chi connectivity index (χ3v) is 5.80. The van der Waals surface area contributed by atoms with Crippen molar-refractivity contribution in [2.75, 3.05) is 7.11 Å². The number of fused-ring (bicyclic) bond motifs is 1. The van der Waals surface area contributed by atoms with Crippen molar-refractivity contribution in [2.24, 2.45) is 0 Å². The van der Waals surface area contributed by atoms with Gasteiger partial charge in [-0.1, -0.05) is 0 Å². The molecule has 0 amide bonds. The molecule has 0 aliphatic heterocycles. The van der Waals surface area contributed by atoms with Crippen molar-refractivity contribution >= 4 is 27.0 Å². The van der Waals surface area contributed by atoms with Gasteiger partial charge in [0.15, 0.2) is 17.3 Å². The summed E-state index contributed by atoms with van der Waals surface area (Å²) in [5.41, 5.74) is 0.772. The van der Waals surface area contributed by atoms with Gasteiger partial charge in [-0.15, -0.1) is 0 Å². The first kappa shape index (κ1) is 18.0. The van der Waals surface area contributed by atoms with E-state index in [4.69, 9.17) is 0 Å². The molecule has 0 bridgehead atoms. The van der Waals surface area contributed by atoms with Gasteiger partial charge in [0.25, 0.3) is 10.0 Å². The number of nitrogens with zero attached hydrogens (tertiary/aromatic N) is 2. The standard InChI is InChI=1S/C17H14F2N2O4S/c1-10-13(9-16(22)25-2)12-4-3-7-20-17(12)21(10)26(23,24)11-5-6-14(18)15(19)8-11/h3-8H,9H2,1-2H3. The van der Waals surface area contributed by atoms with Gasteiger partial charge in [-0.05, 0) is 42.8 Å². The van der Waals surface area contributed by atoms with Crippen molar-refractivity contribution in [1.82, 2.24) is 8.96 Å². The number of halogens is 2. The molecule has 6 nitrogen and oxygen atoms in total. The molecule has 2 aromatic heterocycles. The fourth-order valence-corrected chi connectivity index (χ4v) is 4.29. The summed E-state index contributed by atoms with van der Waals surface area (Å²) < 4.78 is 58.3. The first-order valence-electron chi connectivity index (χ1n) is 7.49. The summed E-state index contributed by atoms with van der Waals surface area (Å²) in [5.74, 6) is -2.97. The molecule has 0 unspecified atom stereocenters. The van der Waals surface area contributed by atoms with Crippen LogP contribution in [0.5, 0.6) is 0 Å². The molecular formula is C17H14F2N2O4S. The summed E-state index contributed by atoms with van der Waals surface area (Å²) >= 11 is 0. The van der Waals surface area contributed by atoms with E-state index < -0.39 is 32.5 Å². The van der Waals surface area contributed by atoms with E-state index >= 15 is 0 Å². The van der Waals surface area contributed by atoms with E-state index in [1.54, 1.807) is 12.1 Å². The molecular weight excluding hydrogens is 366 g/mol. The summed E-state index contributed by atoms with van der Waals surface area (Å²) in [7, 11) is -3.03. The Kier molecular flexibility index (Phi) is 4.49. The Balaban J connectivity index is 2.29. The third kappa shape index (κ3) is 2.84. The smallest absolute Gasteiger partial charge is 0.310 e. The topological polar surface area (TPSA) is 78.3 Å². The van der Waals surface area contributed by atoms with Crippen LogP contribution in [0.1, 0.15) is 11.3 Å². The van der Waals surface area contributed by atoms with Crippen LogP contribution >= 0.6 is 0 Å². The Labute approximate surface area is 148 Å². The SMILES string of the molecule is COC(=O)Cc1c(C)n(S(=O)(=O)c2ccc(F)c(F)c2)c2ncccc12. The number of esters is 1. The number of carbonyl (C=O) groups is 1. The Morgan fingerprint density at radius 1 is 1.23 bits per heavy atom. The van der Waals surface area contributed by atoms with Crippen LogP contribution in [-0.2, 0) is 26.0 Å². The van der Waals surface area contributed by atoms with Crippen LogP contribution in [0.15, 0.2) is 41.4 Å². The fourth-order valence-electron chi connectivity index (χ4n) is 2.75. The maximum atomic E-state index is 13.5. The number of ether oxygens (including phenoxy) is 1. The molecule has 0 aliphatic carbocycles. The highest BCUT2D eigenvalue weighted by Crippen LogP contribution is 2.29. The molecule has 0 radical (unpaired) electrons. The zero-order chi connectivity index (χ0) is 19.1. The van der Waals surface area contributed by atoms with E-state index in [-0.39, 0.29) is 17.8 Å². The Morgan fingerprint density at radius 3 is 2.62 bits per heavy atom. The lowest BCUT2D eigenvalue weighted by Crippen LogP contribution is -2.16. The third-order valence-electron chi connectivity index (χ3n) is 4.02. The molecule has 0 saturated heterocycles. The van der Waals surface area contributed by atoms with Gasteiger partial charge in [0.2, 0.25) is 0 Å². The predicted molar refractivity (Wildman–Crippen MR) is 89.1 cm³/mol. The molecule has 0 saturated carbocycles. The molecule has 0 atom stereocenters. The van der Waals surface area contributed by atoms with Gasteiger partial charge in [-0.25, -0.2) is 26.2 Å². The van der Waals surface area contributed by atoms with E-state index in [0.29, 0.717) is 17.0 Å². The largest absolute Gasteiger partial charge is 0.469 e. The number of benzene rings is 1. The molecule has 0 N–H and O–H groups in total. The number of rotatable bonds is 4. The van der Waals surface area contributed by atoms with Gasteiger partial charge >= 0.3 is 5.97 Å². The summed E-state index contributed by atoms with van der Waals surface area (Å²) in [6.45, 7) is 1.51. The molecule has 9 heteroatoms. The highest BCUT2D eigenvalue weighted by Gasteiger charge is 2.27. The molecule has 136 valence electrons. The van der Waals surface area contributed by atoms with E-state index in [2.05, 4.69) is 9.72 Å². The van der Waals surface area contributed by atoms with Crippen LogP contribution in [0.3, 0.4) is 0 Å². The Bertz CT molecular complexity index is 1120. The Morgan fingerprint density at radius 2 is 1.96 bits per heavy atom. The summed E-state index contributed by atoms with van der Waals surface area (Å²) in [6, 6.07) is 5.56. The summed E-state index contributed by atoms with van der Waals surface area (Å²) in [5, 5.41) is 0.460. The highest BCUT2D eigenvalue weighted by molar-refractivity contribution is 7.90. The first-order valence-corrected chi connectivity index (χ1v) is 8.93. The second kappa shape index (κ2) is 6.49. The summed E-state index contributed by atoms with van der Waals surface area (Å²) in [6.07, 6.45) is 1.26. The zero-order valence-corrected chi connectivity index (χ0v) is 14.7. The molecule has 0 spiro atoms. The maximum Gasteiger partial charge on any atom is 0.310 e. The maximum absolute atomic E-state index is 13.5. The van der Waals surface area contributed by atoms with Crippen molar-refractivity contribution in [3.8, 4) is 0 Å². The van der Waals surface area contributed by atoms with Crippen LogP contribution in [0.4, 0.5) is 8.78 Å². The van der Waals surface area contributed by atoms with Crippen LogP contribution in [0, 0.1) is 18.6 Å². The number of methoxy groups -OCH3 is 1. The number of hydrogen-bond acceptors (Lipinski definition) is 5. The van der Waals surface area contributed by atoms with Gasteiger partial charge in [0.1, 0.15) is 0 Å². The predicted octanol–water partition coefficient (Wildman–Crippen LogP) is 2.58. The molecule has 0 aliphatic rings. The van der Waals surface area contributed by atoms with Gasteiger partial charge in [-0.3, -0.25) is 4.79 Å². The van der Waals surface area contributed by atoms with Crippen LogP contribution in [0.25, 0.3) is 11.0 Å². The van der Waals surface area contributed by atoms with Crippen molar-refractivity contribution in [2.45, 2.75) is 18.2 Å². The molecule has 3 rings (SSSR count). The van der Waals surface area contributed by atoms with E-state index in [1.165, 1.54) is 20.2 Å². The van der Waals surface area contributed by atoms with E-state index in [9.17, 15) is 22.0 Å². The number of aromatic nitrogens is 2. The van der Waals surface area contributed by atoms with Gasteiger partial charge in [0, 0.05) is 17.3 Å². The van der Waals surface area contributed by atoms with Crippen LogP contribution in [-0.4, -0.2) is 30.5 Å². The van der Waals surface area contributed by atoms with Crippen LogP contribution < -0.4 is 0 Å². The van der Waals surface area contributed by atoms with Gasteiger partial charge in [0.05, 0.1) is 18.4 Å². The number of carbonyl (C=O) groups excluding carboxylic acids is 1. The van der Waals surface area contributed by atoms with Crippen molar-refractivity contribution < 1.29 is 26.7 Å². The minimum Gasteiger partial charge on any atom is -0.469 e. The molecule has 1 aromatic carbocycles. The van der Waals surface area contributed by atoms with E-state index in [0.717, 1.165) is 16.1 Å². The minimum absolute atomic E-state index is 0.0913. The normalized spacial score (nSPS) is 11.7. The molecule has 26 heavy (non-hydrogen) atoms. The lowest BCUT2D eigenvalue weighted by molar-refractivity contribution is -0.139. The molecule has 3 aromatic rings. The number of pyridine rings is 1. The minimum atomic E-state index is -4.26. The van der Waals surface area contributed by atoms with Crippen molar-refractivity contribution in [3.05, 3.63) is 59.4 Å². The monoisotopic (exact) mass is 380 g/mol. The van der Waals surface area contributed by atoms with Crippen molar-refractivity contribution in [1.29, 1.82) is 0 Å². The van der Waals surface area contributed by atoms with Gasteiger partial charge in [-0.2, -0.15) is 0 Å². The summed E-state index contributed by atoms with van der Waals surface area (Å²) in [4.78, 5) is 15.4. The lowest BCUT2D eigenvalue weighted by Gasteiger charge is -2.10. The Hall–Kier alpha value is -2.81. The first-order chi connectivity index (χ1) is 12.3. The molecule has 0 fully saturated rings. The number of hydrogen-bond donors (Lipinski definition) is 0. The fraction of sp³-hybridized carbons (Fsp3) is 0.176. The highest BCUT2D eigenvalue weighted by atomic mass is 32.2. The molecule has 2 heterocycles. The average Bonchev–Trinajstić information content (AvgIpc) is 2.89. The van der Waals surface area contributed by atoms with Crippen LogP contribution in [0.2, 0.25) is 0 Å². The van der Waals surface area contributed by atoms with Gasteiger partial charge < -0.3 is 4.74 Å². The van der Waals surface area contributed by atoms with Crippen molar-refractivity contribution in [3.63, 3.8) is 0 Å². The average molecular weight is 380 g/mol.